The second-order valence-corrected chi connectivity index (χ2v) is 6.87. The summed E-state index contributed by atoms with van der Waals surface area (Å²) in [4.78, 5) is 26.7. The first-order chi connectivity index (χ1) is 14.6. The second-order valence-electron chi connectivity index (χ2n) is 6.87. The Balaban J connectivity index is 1.35. The Labute approximate surface area is 173 Å². The molecule has 7 nitrogen and oxygen atoms in total. The van der Waals surface area contributed by atoms with Crippen LogP contribution in [-0.2, 0) is 13.1 Å². The van der Waals surface area contributed by atoms with Crippen LogP contribution in [-0.4, -0.2) is 46.2 Å². The number of ether oxygens (including phenoxy) is 1. The molecule has 8 heteroatoms. The summed E-state index contributed by atoms with van der Waals surface area (Å²) in [7, 11) is 0. The zero-order valence-corrected chi connectivity index (χ0v) is 16.3. The second kappa shape index (κ2) is 8.77. The molecule has 0 unspecified atom stereocenters. The van der Waals surface area contributed by atoms with Gasteiger partial charge in [-0.15, -0.1) is 0 Å². The van der Waals surface area contributed by atoms with E-state index in [0.717, 1.165) is 5.75 Å². The Morgan fingerprint density at radius 2 is 1.87 bits per heavy atom. The highest BCUT2D eigenvalue weighted by Gasteiger charge is 2.28. The number of aromatic nitrogens is 2. The number of carbonyl (C=O) groups is 2. The molecule has 154 valence electrons. The summed E-state index contributed by atoms with van der Waals surface area (Å²) >= 11 is 0. The lowest BCUT2D eigenvalue weighted by atomic mass is 10.1. The molecule has 0 spiro atoms. The normalized spacial score (nSPS) is 13.1. The Morgan fingerprint density at radius 1 is 1.10 bits per heavy atom. The molecule has 2 aromatic carbocycles. The number of nitrogens with one attached hydrogen (secondary N) is 1. The molecule has 0 aliphatic carbocycles. The average molecular weight is 408 g/mol. The number of amides is 2. The lowest BCUT2D eigenvalue weighted by Gasteiger charge is -2.27. The fourth-order valence-corrected chi connectivity index (χ4v) is 3.27. The van der Waals surface area contributed by atoms with E-state index in [1.807, 2.05) is 30.3 Å². The van der Waals surface area contributed by atoms with Gasteiger partial charge in [-0.1, -0.05) is 36.4 Å². The highest BCUT2D eigenvalue weighted by atomic mass is 19.1. The minimum Gasteiger partial charge on any atom is -0.492 e. The lowest BCUT2D eigenvalue weighted by molar-refractivity contribution is 0.0681. The van der Waals surface area contributed by atoms with Crippen molar-refractivity contribution < 1.29 is 18.7 Å². The maximum Gasteiger partial charge on any atom is 0.272 e. The number of benzene rings is 2. The first kappa shape index (κ1) is 19.6. The summed E-state index contributed by atoms with van der Waals surface area (Å²) in [5, 5.41) is 6.98. The molecule has 3 aromatic rings. The highest BCUT2D eigenvalue weighted by Crippen LogP contribution is 2.18. The lowest BCUT2D eigenvalue weighted by Crippen LogP contribution is -2.40. The number of hydrogen-bond donors (Lipinski definition) is 1. The number of para-hydroxylation sites is 1. The van der Waals surface area contributed by atoms with Crippen molar-refractivity contribution >= 4 is 11.8 Å². The van der Waals surface area contributed by atoms with Crippen LogP contribution >= 0.6 is 0 Å². The fourth-order valence-electron chi connectivity index (χ4n) is 3.27. The molecule has 0 atom stereocenters. The Kier molecular flexibility index (Phi) is 5.74. The van der Waals surface area contributed by atoms with Crippen LogP contribution in [0.15, 0.2) is 60.7 Å². The SMILES string of the molecule is O=C(NCCOc1ccccc1)c1cc2n(n1)CCN(Cc1ccccc1F)C2=O. The molecule has 1 aliphatic heterocycles. The van der Waals surface area contributed by atoms with Crippen molar-refractivity contribution in [1.29, 1.82) is 0 Å². The van der Waals surface area contributed by atoms with Crippen LogP contribution in [0.4, 0.5) is 4.39 Å². The molecule has 2 amide bonds. The van der Waals surface area contributed by atoms with E-state index in [2.05, 4.69) is 10.4 Å². The summed E-state index contributed by atoms with van der Waals surface area (Å²) in [6.45, 7) is 1.64. The van der Waals surface area contributed by atoms with Crippen LogP contribution in [0, 0.1) is 5.82 Å². The fraction of sp³-hybridized carbons (Fsp3) is 0.227. The van der Waals surface area contributed by atoms with E-state index in [9.17, 15) is 14.0 Å². The quantitative estimate of drug-likeness (QED) is 0.610. The van der Waals surface area contributed by atoms with E-state index in [1.54, 1.807) is 23.1 Å². The van der Waals surface area contributed by atoms with Gasteiger partial charge < -0.3 is 15.0 Å². The Morgan fingerprint density at radius 3 is 2.67 bits per heavy atom. The van der Waals surface area contributed by atoms with Crippen molar-refractivity contribution in [1.82, 2.24) is 20.0 Å². The molecule has 30 heavy (non-hydrogen) atoms. The molecule has 1 aliphatic rings. The van der Waals surface area contributed by atoms with Crippen molar-refractivity contribution in [2.75, 3.05) is 19.7 Å². The topological polar surface area (TPSA) is 76.5 Å². The molecule has 0 saturated heterocycles. The first-order valence-electron chi connectivity index (χ1n) is 9.68. The van der Waals surface area contributed by atoms with Gasteiger partial charge in [0.15, 0.2) is 5.69 Å². The molecule has 0 radical (unpaired) electrons. The summed E-state index contributed by atoms with van der Waals surface area (Å²) in [5.41, 5.74) is 0.948. The standard InChI is InChI=1S/C22H21FN4O3/c23-18-9-5-4-6-16(18)15-26-11-12-27-20(22(26)29)14-19(25-27)21(28)24-10-13-30-17-7-2-1-3-8-17/h1-9,14H,10-13,15H2,(H,24,28). The maximum atomic E-state index is 13.9. The summed E-state index contributed by atoms with van der Waals surface area (Å²) in [6, 6.07) is 17.2. The van der Waals surface area contributed by atoms with Crippen molar-refractivity contribution in [3.05, 3.63) is 83.4 Å². The van der Waals surface area contributed by atoms with Gasteiger partial charge in [0.05, 0.1) is 13.1 Å². The number of carbonyl (C=O) groups excluding carboxylic acids is 2. The molecule has 2 heterocycles. The minimum atomic E-state index is -0.373. The van der Waals surface area contributed by atoms with E-state index < -0.39 is 0 Å². The number of rotatable bonds is 7. The Hall–Kier alpha value is -3.68. The molecule has 0 saturated carbocycles. The van der Waals surface area contributed by atoms with E-state index >= 15 is 0 Å². The predicted octanol–water partition coefficient (Wildman–Crippen LogP) is 2.49. The summed E-state index contributed by atoms with van der Waals surface area (Å²) in [6.07, 6.45) is 0. The van der Waals surface area contributed by atoms with Crippen molar-refractivity contribution in [3.63, 3.8) is 0 Å². The summed E-state index contributed by atoms with van der Waals surface area (Å²) in [5.74, 6) is -0.266. The molecule has 1 N–H and O–H groups in total. The zero-order chi connectivity index (χ0) is 20.9. The van der Waals surface area contributed by atoms with Crippen LogP contribution < -0.4 is 10.1 Å². The van der Waals surface area contributed by atoms with Crippen LogP contribution in [0.5, 0.6) is 5.75 Å². The minimum absolute atomic E-state index is 0.172. The highest BCUT2D eigenvalue weighted by molar-refractivity contribution is 5.98. The van der Waals surface area contributed by atoms with Crippen molar-refractivity contribution in [2.45, 2.75) is 13.1 Å². The largest absolute Gasteiger partial charge is 0.492 e. The van der Waals surface area contributed by atoms with Crippen LogP contribution in [0.1, 0.15) is 26.5 Å². The molecular formula is C22H21FN4O3. The van der Waals surface area contributed by atoms with Crippen LogP contribution in [0.25, 0.3) is 0 Å². The van der Waals surface area contributed by atoms with Crippen molar-refractivity contribution in [3.8, 4) is 5.75 Å². The van der Waals surface area contributed by atoms with Gasteiger partial charge in [0.25, 0.3) is 11.8 Å². The molecule has 1 aromatic heterocycles. The van der Waals surface area contributed by atoms with Gasteiger partial charge in [0.2, 0.25) is 0 Å². The van der Waals surface area contributed by atoms with E-state index in [0.29, 0.717) is 37.5 Å². The molecule has 4 rings (SSSR count). The van der Waals surface area contributed by atoms with Crippen molar-refractivity contribution in [2.24, 2.45) is 0 Å². The predicted molar refractivity (Wildman–Crippen MR) is 108 cm³/mol. The Bertz CT molecular complexity index is 1050. The first-order valence-corrected chi connectivity index (χ1v) is 9.68. The van der Waals surface area contributed by atoms with Gasteiger partial charge in [-0.3, -0.25) is 14.3 Å². The number of hydrogen-bond acceptors (Lipinski definition) is 4. The van der Waals surface area contributed by atoms with Gasteiger partial charge >= 0.3 is 0 Å². The van der Waals surface area contributed by atoms with Gasteiger partial charge in [-0.05, 0) is 18.2 Å². The van der Waals surface area contributed by atoms with E-state index in [1.165, 1.54) is 16.8 Å². The van der Waals surface area contributed by atoms with Gasteiger partial charge in [-0.25, -0.2) is 4.39 Å². The third-order valence-electron chi connectivity index (χ3n) is 4.82. The third-order valence-corrected chi connectivity index (χ3v) is 4.82. The van der Waals surface area contributed by atoms with Gasteiger partial charge in [0, 0.05) is 24.7 Å². The van der Waals surface area contributed by atoms with E-state index in [4.69, 9.17) is 4.74 Å². The van der Waals surface area contributed by atoms with Crippen LogP contribution in [0.3, 0.4) is 0 Å². The van der Waals surface area contributed by atoms with Gasteiger partial charge in [-0.2, -0.15) is 5.10 Å². The number of fused-ring (bicyclic) bond motifs is 1. The third kappa shape index (κ3) is 4.32. The average Bonchev–Trinajstić information content (AvgIpc) is 3.21. The molecule has 0 fully saturated rings. The van der Waals surface area contributed by atoms with Gasteiger partial charge in [0.1, 0.15) is 23.9 Å². The smallest absolute Gasteiger partial charge is 0.272 e. The van der Waals surface area contributed by atoms with Crippen LogP contribution in [0.2, 0.25) is 0 Å². The monoisotopic (exact) mass is 408 g/mol. The summed E-state index contributed by atoms with van der Waals surface area (Å²) < 4.78 is 21.0. The number of nitrogens with zero attached hydrogens (tertiary/aromatic N) is 3. The zero-order valence-electron chi connectivity index (χ0n) is 16.3. The number of halogens is 1. The van der Waals surface area contributed by atoms with E-state index in [-0.39, 0.29) is 29.9 Å². The molecular weight excluding hydrogens is 387 g/mol. The molecule has 0 bridgehead atoms. The maximum absolute atomic E-state index is 13.9.